The Balaban J connectivity index is 1.79. The van der Waals surface area contributed by atoms with E-state index in [1.807, 2.05) is 67.6 Å². The van der Waals surface area contributed by atoms with Gasteiger partial charge in [-0.25, -0.2) is 4.98 Å². The molecule has 0 aliphatic heterocycles. The fraction of sp³-hybridized carbons (Fsp3) is 0.154. The molecule has 1 amide bonds. The summed E-state index contributed by atoms with van der Waals surface area (Å²) in [6, 6.07) is 23.3. The van der Waals surface area contributed by atoms with Crippen molar-refractivity contribution in [1.29, 1.82) is 0 Å². The number of hydrogen-bond donors (Lipinski definition) is 1. The van der Waals surface area contributed by atoms with Crippen molar-refractivity contribution >= 4 is 22.5 Å². The third-order valence-corrected chi connectivity index (χ3v) is 5.20. The van der Waals surface area contributed by atoms with Gasteiger partial charge in [-0.15, -0.1) is 0 Å². The Bertz CT molecular complexity index is 1230. The van der Waals surface area contributed by atoms with Crippen molar-refractivity contribution in [3.63, 3.8) is 0 Å². The highest BCUT2D eigenvalue weighted by molar-refractivity contribution is 6.13. The first-order chi connectivity index (χ1) is 14.6. The first-order valence-electron chi connectivity index (χ1n) is 10.1. The standard InChI is InChI=1S/C26H24N2O2/c1-4-30-25-12-8-7-11-23(25)28-26(29)21-16-24(19-14-13-17(2)18(3)15-19)27-22-10-6-5-9-20(21)22/h5-16H,4H2,1-3H3,(H,28,29). The highest BCUT2D eigenvalue weighted by Crippen LogP contribution is 2.29. The molecule has 30 heavy (non-hydrogen) atoms. The molecule has 0 unspecified atom stereocenters. The molecule has 0 saturated carbocycles. The second kappa shape index (κ2) is 8.37. The van der Waals surface area contributed by atoms with Crippen molar-refractivity contribution in [2.75, 3.05) is 11.9 Å². The average Bonchev–Trinajstić information content (AvgIpc) is 2.76. The summed E-state index contributed by atoms with van der Waals surface area (Å²) in [4.78, 5) is 18.1. The summed E-state index contributed by atoms with van der Waals surface area (Å²) in [5.74, 6) is 0.465. The van der Waals surface area contributed by atoms with Gasteiger partial charge < -0.3 is 10.1 Å². The van der Waals surface area contributed by atoms with E-state index in [9.17, 15) is 4.79 Å². The summed E-state index contributed by atoms with van der Waals surface area (Å²) in [6.07, 6.45) is 0. The number of nitrogens with zero attached hydrogens (tertiary/aromatic N) is 1. The summed E-state index contributed by atoms with van der Waals surface area (Å²) in [6.45, 7) is 6.62. The van der Waals surface area contributed by atoms with Gasteiger partial charge in [0.25, 0.3) is 5.91 Å². The Morgan fingerprint density at radius 1 is 0.933 bits per heavy atom. The highest BCUT2D eigenvalue weighted by atomic mass is 16.5. The van der Waals surface area contributed by atoms with Gasteiger partial charge in [0.1, 0.15) is 5.75 Å². The SMILES string of the molecule is CCOc1ccccc1NC(=O)c1cc(-c2ccc(C)c(C)c2)nc2ccccc12. The van der Waals surface area contributed by atoms with Crippen LogP contribution in [0.1, 0.15) is 28.4 Å². The predicted molar refractivity (Wildman–Crippen MR) is 122 cm³/mol. The van der Waals surface area contributed by atoms with E-state index < -0.39 is 0 Å². The quantitative estimate of drug-likeness (QED) is 0.439. The Labute approximate surface area is 176 Å². The number of aromatic nitrogens is 1. The number of ether oxygens (including phenoxy) is 1. The van der Waals surface area contributed by atoms with E-state index in [1.165, 1.54) is 11.1 Å². The molecule has 1 heterocycles. The minimum atomic E-state index is -0.189. The van der Waals surface area contributed by atoms with E-state index in [4.69, 9.17) is 9.72 Å². The zero-order chi connectivity index (χ0) is 21.1. The van der Waals surface area contributed by atoms with Gasteiger partial charge in [-0.3, -0.25) is 4.79 Å². The second-order valence-electron chi connectivity index (χ2n) is 7.25. The number of carbonyl (C=O) groups is 1. The summed E-state index contributed by atoms with van der Waals surface area (Å²) in [5.41, 5.74) is 6.21. The minimum absolute atomic E-state index is 0.189. The number of pyridine rings is 1. The maximum atomic E-state index is 13.3. The van der Waals surface area contributed by atoms with Gasteiger partial charge in [0.15, 0.2) is 0 Å². The molecular formula is C26H24N2O2. The molecule has 0 fully saturated rings. The topological polar surface area (TPSA) is 51.2 Å². The van der Waals surface area contributed by atoms with Crippen molar-refractivity contribution in [2.24, 2.45) is 0 Å². The van der Waals surface area contributed by atoms with Gasteiger partial charge >= 0.3 is 0 Å². The molecule has 4 nitrogen and oxygen atoms in total. The van der Waals surface area contributed by atoms with Crippen LogP contribution in [-0.4, -0.2) is 17.5 Å². The van der Waals surface area contributed by atoms with Crippen LogP contribution in [0.5, 0.6) is 5.75 Å². The third kappa shape index (κ3) is 3.90. The first kappa shape index (κ1) is 19.6. The minimum Gasteiger partial charge on any atom is -0.492 e. The van der Waals surface area contributed by atoms with Crippen molar-refractivity contribution in [1.82, 2.24) is 4.98 Å². The lowest BCUT2D eigenvalue weighted by Gasteiger charge is -2.14. The number of nitrogens with one attached hydrogen (secondary N) is 1. The number of benzene rings is 3. The molecule has 3 aromatic carbocycles. The van der Waals surface area contributed by atoms with Crippen LogP contribution in [-0.2, 0) is 0 Å². The van der Waals surface area contributed by atoms with Crippen LogP contribution < -0.4 is 10.1 Å². The molecule has 0 atom stereocenters. The molecule has 4 heteroatoms. The second-order valence-corrected chi connectivity index (χ2v) is 7.25. The lowest BCUT2D eigenvalue weighted by molar-refractivity contribution is 0.102. The predicted octanol–water partition coefficient (Wildman–Crippen LogP) is 6.17. The number of amides is 1. The van der Waals surface area contributed by atoms with E-state index >= 15 is 0 Å². The fourth-order valence-corrected chi connectivity index (χ4v) is 3.45. The van der Waals surface area contributed by atoms with Crippen molar-refractivity contribution in [2.45, 2.75) is 20.8 Å². The van der Waals surface area contributed by atoms with Crippen LogP contribution in [0.4, 0.5) is 5.69 Å². The van der Waals surface area contributed by atoms with Gasteiger partial charge in [0.2, 0.25) is 0 Å². The molecular weight excluding hydrogens is 372 g/mol. The molecule has 4 rings (SSSR count). The molecule has 0 aliphatic rings. The summed E-state index contributed by atoms with van der Waals surface area (Å²) in [5, 5.41) is 3.83. The van der Waals surface area contributed by atoms with Crippen LogP contribution in [0.3, 0.4) is 0 Å². The lowest BCUT2D eigenvalue weighted by Crippen LogP contribution is -2.14. The molecule has 0 saturated heterocycles. The number of anilines is 1. The Morgan fingerprint density at radius 3 is 2.50 bits per heavy atom. The van der Waals surface area contributed by atoms with Crippen molar-refractivity contribution < 1.29 is 9.53 Å². The molecule has 0 spiro atoms. The monoisotopic (exact) mass is 396 g/mol. The normalized spacial score (nSPS) is 10.8. The van der Waals surface area contributed by atoms with Gasteiger partial charge in [-0.2, -0.15) is 0 Å². The summed E-state index contributed by atoms with van der Waals surface area (Å²) >= 11 is 0. The Morgan fingerprint density at radius 2 is 1.70 bits per heavy atom. The van der Waals surface area contributed by atoms with Crippen LogP contribution in [0.25, 0.3) is 22.2 Å². The van der Waals surface area contributed by atoms with Crippen molar-refractivity contribution in [3.8, 4) is 17.0 Å². The number of aryl methyl sites for hydroxylation is 2. The zero-order valence-corrected chi connectivity index (χ0v) is 17.4. The van der Waals surface area contributed by atoms with E-state index in [-0.39, 0.29) is 5.91 Å². The molecule has 1 N–H and O–H groups in total. The van der Waals surface area contributed by atoms with Crippen LogP contribution >= 0.6 is 0 Å². The van der Waals surface area contributed by atoms with E-state index in [0.717, 1.165) is 22.2 Å². The Hall–Kier alpha value is -3.66. The first-order valence-corrected chi connectivity index (χ1v) is 10.1. The maximum absolute atomic E-state index is 13.3. The molecule has 1 aromatic heterocycles. The van der Waals surface area contributed by atoms with E-state index in [0.29, 0.717) is 23.6 Å². The highest BCUT2D eigenvalue weighted by Gasteiger charge is 2.16. The number of fused-ring (bicyclic) bond motifs is 1. The smallest absolute Gasteiger partial charge is 0.256 e. The van der Waals surface area contributed by atoms with Crippen LogP contribution in [0, 0.1) is 13.8 Å². The van der Waals surface area contributed by atoms with Gasteiger partial charge in [0, 0.05) is 10.9 Å². The largest absolute Gasteiger partial charge is 0.492 e. The van der Waals surface area contributed by atoms with Gasteiger partial charge in [0.05, 0.1) is 29.1 Å². The summed E-state index contributed by atoms with van der Waals surface area (Å²) < 4.78 is 5.65. The number of carbonyl (C=O) groups excluding carboxylic acids is 1. The van der Waals surface area contributed by atoms with E-state index in [2.05, 4.69) is 31.3 Å². The van der Waals surface area contributed by atoms with Crippen molar-refractivity contribution in [3.05, 3.63) is 89.5 Å². The fourth-order valence-electron chi connectivity index (χ4n) is 3.45. The zero-order valence-electron chi connectivity index (χ0n) is 17.4. The van der Waals surface area contributed by atoms with E-state index in [1.54, 1.807) is 0 Å². The number of rotatable bonds is 5. The molecule has 0 radical (unpaired) electrons. The molecule has 150 valence electrons. The average molecular weight is 396 g/mol. The van der Waals surface area contributed by atoms with Gasteiger partial charge in [-0.1, -0.05) is 42.5 Å². The molecule has 4 aromatic rings. The molecule has 0 bridgehead atoms. The Kier molecular flexibility index (Phi) is 5.48. The third-order valence-electron chi connectivity index (χ3n) is 5.20. The number of hydrogen-bond acceptors (Lipinski definition) is 3. The maximum Gasteiger partial charge on any atom is 0.256 e. The van der Waals surface area contributed by atoms with Crippen LogP contribution in [0.2, 0.25) is 0 Å². The number of para-hydroxylation sites is 3. The van der Waals surface area contributed by atoms with Crippen LogP contribution in [0.15, 0.2) is 72.8 Å². The lowest BCUT2D eigenvalue weighted by atomic mass is 10.0. The summed E-state index contributed by atoms with van der Waals surface area (Å²) in [7, 11) is 0. The van der Waals surface area contributed by atoms with Gasteiger partial charge in [-0.05, 0) is 62.2 Å². The molecule has 0 aliphatic carbocycles.